The normalized spacial score (nSPS) is 23.1. The first-order valence-electron chi connectivity index (χ1n) is 14.2. The number of ketones is 1. The highest BCUT2D eigenvalue weighted by molar-refractivity contribution is 6.00. The molecule has 3 aromatic heterocycles. The van der Waals surface area contributed by atoms with Gasteiger partial charge in [0.1, 0.15) is 17.1 Å². The summed E-state index contributed by atoms with van der Waals surface area (Å²) in [4.78, 5) is 43.5. The topological polar surface area (TPSA) is 92.9 Å². The fraction of sp³-hybridized carbons (Fsp3) is 0.387. The number of halogens is 2. The lowest BCUT2D eigenvalue weighted by atomic mass is 9.84. The lowest BCUT2D eigenvalue weighted by Gasteiger charge is -2.38. The maximum atomic E-state index is 13.1. The number of fused-ring (bicyclic) bond motifs is 5. The number of benzene rings is 1. The fourth-order valence-corrected chi connectivity index (χ4v) is 7.10. The lowest BCUT2D eigenvalue weighted by molar-refractivity contribution is -0.135. The number of rotatable bonds is 6. The van der Waals surface area contributed by atoms with Gasteiger partial charge in [-0.05, 0) is 42.9 Å². The molecule has 2 bridgehead atoms. The van der Waals surface area contributed by atoms with Gasteiger partial charge in [-0.25, -0.2) is 15.0 Å². The molecule has 4 heterocycles. The Balaban J connectivity index is 1.17. The van der Waals surface area contributed by atoms with Crippen LogP contribution in [0, 0.1) is 17.8 Å². The van der Waals surface area contributed by atoms with Gasteiger partial charge in [0.15, 0.2) is 5.78 Å². The SMILES string of the molecule is CN(C)C(=O)[C@H]1[C@@H]2CC[C@H]1CN(c1ncc(-c3ccc4nc5c(n4c3)[C@@H](c3ccccc3OC(F)F)CC5=O)cn1)C2. The van der Waals surface area contributed by atoms with Gasteiger partial charge in [0, 0.05) is 80.7 Å². The van der Waals surface area contributed by atoms with Gasteiger partial charge in [0.05, 0.1) is 5.69 Å². The molecule has 1 saturated carbocycles. The van der Waals surface area contributed by atoms with E-state index in [0.717, 1.165) is 37.1 Å². The van der Waals surface area contributed by atoms with E-state index in [9.17, 15) is 18.4 Å². The van der Waals surface area contributed by atoms with Crippen LogP contribution in [0.4, 0.5) is 14.7 Å². The zero-order valence-electron chi connectivity index (χ0n) is 23.3. The minimum Gasteiger partial charge on any atom is -0.435 e. The van der Waals surface area contributed by atoms with Crippen molar-refractivity contribution in [3.05, 3.63) is 71.9 Å². The van der Waals surface area contributed by atoms with Crippen LogP contribution >= 0.6 is 0 Å². The molecule has 9 nitrogen and oxygen atoms in total. The summed E-state index contributed by atoms with van der Waals surface area (Å²) in [7, 11) is 3.65. The van der Waals surface area contributed by atoms with E-state index in [0.29, 0.717) is 40.4 Å². The van der Waals surface area contributed by atoms with Crippen LogP contribution in [0.15, 0.2) is 55.0 Å². The van der Waals surface area contributed by atoms with E-state index in [-0.39, 0.29) is 29.8 Å². The largest absolute Gasteiger partial charge is 0.435 e. The van der Waals surface area contributed by atoms with E-state index in [1.165, 1.54) is 6.07 Å². The predicted octanol–water partition coefficient (Wildman–Crippen LogP) is 4.66. The molecule has 1 aromatic carbocycles. The molecule has 1 aliphatic heterocycles. The quantitative estimate of drug-likeness (QED) is 0.332. The number of aromatic nitrogens is 4. The summed E-state index contributed by atoms with van der Waals surface area (Å²) < 4.78 is 32.9. The molecular weight excluding hydrogens is 542 g/mol. The Labute approximate surface area is 241 Å². The number of carbonyl (C=O) groups is 2. The molecule has 0 unspecified atom stereocenters. The molecule has 1 saturated heterocycles. The lowest BCUT2D eigenvalue weighted by Crippen LogP contribution is -2.48. The molecule has 2 aliphatic carbocycles. The Bertz CT molecular complexity index is 1670. The second-order valence-corrected chi connectivity index (χ2v) is 11.6. The Morgan fingerprint density at radius 2 is 1.74 bits per heavy atom. The maximum absolute atomic E-state index is 13.1. The number of ether oxygens (including phenoxy) is 1. The highest BCUT2D eigenvalue weighted by Gasteiger charge is 2.46. The summed E-state index contributed by atoms with van der Waals surface area (Å²) in [6, 6.07) is 10.3. The highest BCUT2D eigenvalue weighted by atomic mass is 19.3. The van der Waals surface area contributed by atoms with Crippen molar-refractivity contribution in [3.63, 3.8) is 0 Å². The second-order valence-electron chi connectivity index (χ2n) is 11.6. The molecule has 0 radical (unpaired) electrons. The molecule has 2 fully saturated rings. The summed E-state index contributed by atoms with van der Waals surface area (Å²) in [5.74, 6) is 1.000. The van der Waals surface area contributed by atoms with Gasteiger partial charge in [-0.3, -0.25) is 9.59 Å². The molecule has 0 N–H and O–H groups in total. The predicted molar refractivity (Wildman–Crippen MR) is 151 cm³/mol. The van der Waals surface area contributed by atoms with Crippen LogP contribution < -0.4 is 9.64 Å². The van der Waals surface area contributed by atoms with Crippen molar-refractivity contribution in [2.45, 2.75) is 31.8 Å². The summed E-state index contributed by atoms with van der Waals surface area (Å²) in [5, 5.41) is 0. The van der Waals surface area contributed by atoms with Gasteiger partial charge in [-0.1, -0.05) is 18.2 Å². The van der Waals surface area contributed by atoms with Crippen molar-refractivity contribution in [2.24, 2.45) is 17.8 Å². The molecule has 4 atom stereocenters. The summed E-state index contributed by atoms with van der Waals surface area (Å²) >= 11 is 0. The minimum absolute atomic E-state index is 0.0526. The summed E-state index contributed by atoms with van der Waals surface area (Å²) in [5.41, 5.74) is 3.75. The first-order chi connectivity index (χ1) is 20.3. The number of alkyl halides is 2. The third kappa shape index (κ3) is 4.38. The van der Waals surface area contributed by atoms with E-state index in [4.69, 9.17) is 4.74 Å². The number of pyridine rings is 1. The van der Waals surface area contributed by atoms with Gasteiger partial charge >= 0.3 is 6.61 Å². The Morgan fingerprint density at radius 3 is 2.43 bits per heavy atom. The summed E-state index contributed by atoms with van der Waals surface area (Å²) in [6.07, 6.45) is 7.68. The van der Waals surface area contributed by atoms with Crippen LogP contribution in [0.2, 0.25) is 0 Å². The Hall–Kier alpha value is -4.41. The maximum Gasteiger partial charge on any atom is 0.387 e. The fourth-order valence-electron chi connectivity index (χ4n) is 7.10. The van der Waals surface area contributed by atoms with E-state index < -0.39 is 12.5 Å². The zero-order valence-corrected chi connectivity index (χ0v) is 23.3. The first-order valence-corrected chi connectivity index (χ1v) is 14.2. The standard InChI is InChI=1S/C31H30F2N6O3/c1-37(2)29(41)26-18-7-8-19(26)15-38(14-18)31-34-12-20(13-35-31)17-9-10-25-36-27-23(40)11-22(28(27)39(25)16-17)21-5-3-4-6-24(21)42-30(32)33/h3-6,9-10,12-13,16,18-19,22,26,30H,7-8,11,14-15H2,1-2H3/t18-,19+,22-,26+/m1/s1. The van der Waals surface area contributed by atoms with Crippen LogP contribution in [0.3, 0.4) is 0 Å². The Morgan fingerprint density at radius 1 is 1.02 bits per heavy atom. The van der Waals surface area contributed by atoms with Crippen molar-refractivity contribution >= 4 is 23.3 Å². The molecule has 0 spiro atoms. The van der Waals surface area contributed by atoms with E-state index in [1.54, 1.807) is 35.5 Å². The number of carbonyl (C=O) groups excluding carboxylic acids is 2. The van der Waals surface area contributed by atoms with Crippen LogP contribution in [0.1, 0.15) is 46.9 Å². The van der Waals surface area contributed by atoms with Gasteiger partial charge in [0.25, 0.3) is 0 Å². The average Bonchev–Trinajstić information content (AvgIpc) is 3.60. The van der Waals surface area contributed by atoms with Crippen molar-refractivity contribution in [1.82, 2.24) is 24.3 Å². The van der Waals surface area contributed by atoms with Gasteiger partial charge in [0.2, 0.25) is 11.9 Å². The van der Waals surface area contributed by atoms with E-state index >= 15 is 0 Å². The molecule has 4 aromatic rings. The highest BCUT2D eigenvalue weighted by Crippen LogP contribution is 2.44. The number of amides is 1. The number of anilines is 1. The monoisotopic (exact) mass is 572 g/mol. The minimum atomic E-state index is -2.97. The molecule has 216 valence electrons. The van der Waals surface area contributed by atoms with Crippen LogP contribution in [0.5, 0.6) is 5.75 Å². The second kappa shape index (κ2) is 10.1. The number of piperidine rings is 1. The van der Waals surface area contributed by atoms with Crippen LogP contribution in [0.25, 0.3) is 16.8 Å². The van der Waals surface area contributed by atoms with E-state index in [1.807, 2.05) is 36.8 Å². The Kier molecular flexibility index (Phi) is 6.40. The molecule has 42 heavy (non-hydrogen) atoms. The van der Waals surface area contributed by atoms with Gasteiger partial charge in [-0.15, -0.1) is 0 Å². The number of imidazole rings is 1. The van der Waals surface area contributed by atoms with Crippen molar-refractivity contribution in [1.29, 1.82) is 0 Å². The van der Waals surface area contributed by atoms with Crippen LogP contribution in [-0.2, 0) is 4.79 Å². The van der Waals surface area contributed by atoms with Crippen LogP contribution in [-0.4, -0.2) is 69.7 Å². The first kappa shape index (κ1) is 26.5. The molecular formula is C31H30F2N6O3. The third-order valence-electron chi connectivity index (χ3n) is 8.96. The third-order valence-corrected chi connectivity index (χ3v) is 8.96. The smallest absolute Gasteiger partial charge is 0.387 e. The van der Waals surface area contributed by atoms with Gasteiger partial charge < -0.3 is 18.9 Å². The number of nitrogens with zero attached hydrogens (tertiary/aromatic N) is 6. The van der Waals surface area contributed by atoms with Gasteiger partial charge in [-0.2, -0.15) is 8.78 Å². The number of para-hydroxylation sites is 1. The zero-order chi connectivity index (χ0) is 29.1. The molecule has 3 aliphatic rings. The molecule has 11 heteroatoms. The average molecular weight is 573 g/mol. The van der Waals surface area contributed by atoms with Crippen molar-refractivity contribution in [3.8, 4) is 16.9 Å². The molecule has 1 amide bonds. The molecule has 7 rings (SSSR count). The van der Waals surface area contributed by atoms with E-state index in [2.05, 4.69) is 19.9 Å². The number of hydrogen-bond donors (Lipinski definition) is 0. The van der Waals surface area contributed by atoms with Crippen molar-refractivity contribution < 1.29 is 23.1 Å². The summed E-state index contributed by atoms with van der Waals surface area (Å²) in [6.45, 7) is -1.44. The number of hydrogen-bond acceptors (Lipinski definition) is 7. The van der Waals surface area contributed by atoms with Crippen molar-refractivity contribution in [2.75, 3.05) is 32.1 Å². The number of Topliss-reactive ketones (excluding diaryl/α,β-unsaturated/α-hetero) is 1.